The number of carbonyl (C=O) groups excluding carboxylic acids is 1. The zero-order valence-electron chi connectivity index (χ0n) is 9.15. The number of nitrogens with zero attached hydrogens (tertiary/aromatic N) is 4. The van der Waals surface area contributed by atoms with Gasteiger partial charge in [0, 0.05) is 12.6 Å². The minimum absolute atomic E-state index is 0.0340. The van der Waals surface area contributed by atoms with Crippen LogP contribution in [0.25, 0.3) is 0 Å². The molecule has 2 aromatic rings. The van der Waals surface area contributed by atoms with Crippen molar-refractivity contribution in [2.45, 2.75) is 5.16 Å². The van der Waals surface area contributed by atoms with Gasteiger partial charge in [0.25, 0.3) is 0 Å². The van der Waals surface area contributed by atoms with Crippen molar-refractivity contribution in [3.8, 4) is 0 Å². The van der Waals surface area contributed by atoms with Crippen molar-refractivity contribution in [2.24, 2.45) is 7.05 Å². The first-order valence-corrected chi connectivity index (χ1v) is 5.80. The number of aryl methyl sites for hydroxylation is 1. The highest BCUT2D eigenvalue weighted by atomic mass is 32.2. The molecular weight excluding hydrogens is 236 g/mol. The molecule has 0 fully saturated rings. The lowest BCUT2D eigenvalue weighted by atomic mass is 10.1. The summed E-state index contributed by atoms with van der Waals surface area (Å²) in [5, 5.41) is 13.3. The van der Waals surface area contributed by atoms with Crippen molar-refractivity contribution in [1.29, 1.82) is 0 Å². The monoisotopic (exact) mass is 246 g/mol. The average Bonchev–Trinajstić information content (AvgIpc) is 2.76. The van der Waals surface area contributed by atoms with Gasteiger partial charge in [0.2, 0.25) is 5.16 Å². The lowest BCUT2D eigenvalue weighted by molar-refractivity contribution is 0.104. The van der Waals surface area contributed by atoms with Crippen LogP contribution >= 0.6 is 11.8 Å². The maximum absolute atomic E-state index is 11.7. The average molecular weight is 246 g/mol. The Bertz CT molecular complexity index is 535. The van der Waals surface area contributed by atoms with Gasteiger partial charge in [-0.2, -0.15) is 0 Å². The van der Waals surface area contributed by atoms with Crippen LogP contribution in [-0.4, -0.2) is 26.0 Å². The van der Waals surface area contributed by atoms with Crippen LogP contribution in [0.5, 0.6) is 0 Å². The summed E-state index contributed by atoms with van der Waals surface area (Å²) in [6.45, 7) is 0. The van der Waals surface area contributed by atoms with E-state index in [1.165, 1.54) is 17.8 Å². The molecule has 1 aromatic heterocycles. The summed E-state index contributed by atoms with van der Waals surface area (Å²) < 4.78 is 1.54. The van der Waals surface area contributed by atoms with E-state index in [9.17, 15) is 4.79 Å². The van der Waals surface area contributed by atoms with E-state index in [0.29, 0.717) is 10.7 Å². The van der Waals surface area contributed by atoms with Crippen LogP contribution in [0.1, 0.15) is 10.4 Å². The molecule has 86 valence electrons. The zero-order chi connectivity index (χ0) is 12.1. The Morgan fingerprint density at radius 2 is 2.12 bits per heavy atom. The molecule has 1 aromatic carbocycles. The molecule has 0 aliphatic heterocycles. The van der Waals surface area contributed by atoms with Crippen molar-refractivity contribution in [3.63, 3.8) is 0 Å². The zero-order valence-corrected chi connectivity index (χ0v) is 9.96. The van der Waals surface area contributed by atoms with Gasteiger partial charge in [-0.1, -0.05) is 42.1 Å². The molecule has 0 spiro atoms. The first kappa shape index (κ1) is 11.5. The third-order valence-corrected chi connectivity index (χ3v) is 2.86. The quantitative estimate of drug-likeness (QED) is 0.467. The lowest BCUT2D eigenvalue weighted by Crippen LogP contribution is -1.93. The number of allylic oxidation sites excluding steroid dienone is 1. The topological polar surface area (TPSA) is 60.7 Å². The van der Waals surface area contributed by atoms with Gasteiger partial charge < -0.3 is 0 Å². The fourth-order valence-corrected chi connectivity index (χ4v) is 1.76. The third-order valence-electron chi connectivity index (χ3n) is 2.03. The van der Waals surface area contributed by atoms with Crippen molar-refractivity contribution in [2.75, 3.05) is 0 Å². The summed E-state index contributed by atoms with van der Waals surface area (Å²) in [5.41, 5.74) is 0.667. The molecule has 0 aliphatic rings. The number of tetrazole rings is 1. The molecule has 0 N–H and O–H groups in total. The SMILES string of the molecule is Cn1nnnc1S/C=C\C(=O)c1ccccc1. The number of ketones is 1. The van der Waals surface area contributed by atoms with Crippen molar-refractivity contribution >= 4 is 17.5 Å². The Kier molecular flexibility index (Phi) is 3.66. The molecule has 2 rings (SSSR count). The van der Waals surface area contributed by atoms with E-state index in [4.69, 9.17) is 0 Å². The van der Waals surface area contributed by atoms with E-state index in [0.717, 1.165) is 0 Å². The Labute approximate surface area is 103 Å². The molecule has 0 bridgehead atoms. The normalized spacial score (nSPS) is 10.9. The number of rotatable bonds is 4. The van der Waals surface area contributed by atoms with E-state index >= 15 is 0 Å². The van der Waals surface area contributed by atoms with Gasteiger partial charge in [0.1, 0.15) is 0 Å². The molecule has 0 saturated carbocycles. The second-order valence-electron chi connectivity index (χ2n) is 3.24. The highest BCUT2D eigenvalue weighted by Crippen LogP contribution is 2.14. The van der Waals surface area contributed by atoms with E-state index in [-0.39, 0.29) is 5.78 Å². The fraction of sp³-hybridized carbons (Fsp3) is 0.0909. The molecular formula is C11H10N4OS. The number of hydrogen-bond acceptors (Lipinski definition) is 5. The second-order valence-corrected chi connectivity index (χ2v) is 4.11. The number of hydrogen-bond donors (Lipinski definition) is 0. The van der Waals surface area contributed by atoms with E-state index in [1.54, 1.807) is 29.3 Å². The minimum Gasteiger partial charge on any atom is -0.289 e. The van der Waals surface area contributed by atoms with Gasteiger partial charge in [0.05, 0.1) is 0 Å². The Morgan fingerprint density at radius 3 is 2.76 bits per heavy atom. The molecule has 5 nitrogen and oxygen atoms in total. The maximum Gasteiger partial charge on any atom is 0.213 e. The number of benzene rings is 1. The van der Waals surface area contributed by atoms with Crippen molar-refractivity contribution in [1.82, 2.24) is 20.2 Å². The van der Waals surface area contributed by atoms with Crippen LogP contribution in [0.2, 0.25) is 0 Å². The maximum atomic E-state index is 11.7. The van der Waals surface area contributed by atoms with Gasteiger partial charge in [-0.05, 0) is 21.9 Å². The Balaban J connectivity index is 1.98. The van der Waals surface area contributed by atoms with E-state index < -0.39 is 0 Å². The summed E-state index contributed by atoms with van der Waals surface area (Å²) in [7, 11) is 1.75. The van der Waals surface area contributed by atoms with Crippen LogP contribution in [0.15, 0.2) is 47.0 Å². The van der Waals surface area contributed by atoms with Gasteiger partial charge in [-0.15, -0.1) is 5.10 Å². The van der Waals surface area contributed by atoms with Gasteiger partial charge >= 0.3 is 0 Å². The third kappa shape index (κ3) is 3.01. The Morgan fingerprint density at radius 1 is 1.35 bits per heavy atom. The molecule has 6 heteroatoms. The van der Waals surface area contributed by atoms with Gasteiger partial charge in [-0.3, -0.25) is 4.79 Å². The van der Waals surface area contributed by atoms with Crippen LogP contribution in [0.3, 0.4) is 0 Å². The highest BCUT2D eigenvalue weighted by molar-refractivity contribution is 8.02. The molecule has 1 heterocycles. The van der Waals surface area contributed by atoms with Crippen molar-refractivity contribution in [3.05, 3.63) is 47.4 Å². The minimum atomic E-state index is -0.0340. The first-order chi connectivity index (χ1) is 8.27. The van der Waals surface area contributed by atoms with Gasteiger partial charge in [0.15, 0.2) is 5.78 Å². The molecule has 0 radical (unpaired) electrons. The summed E-state index contributed by atoms with van der Waals surface area (Å²) in [4.78, 5) is 11.7. The molecule has 0 aliphatic carbocycles. The number of carbonyl (C=O) groups is 1. The molecule has 0 atom stereocenters. The van der Waals surface area contributed by atoms with Gasteiger partial charge in [-0.25, -0.2) is 4.68 Å². The second kappa shape index (κ2) is 5.40. The summed E-state index contributed by atoms with van der Waals surface area (Å²) in [5.74, 6) is -0.0340. The van der Waals surface area contributed by atoms with E-state index in [1.807, 2.05) is 18.2 Å². The fourth-order valence-electron chi connectivity index (χ4n) is 1.18. The van der Waals surface area contributed by atoms with Crippen LogP contribution in [-0.2, 0) is 7.05 Å². The van der Waals surface area contributed by atoms with Crippen LogP contribution < -0.4 is 0 Å². The smallest absolute Gasteiger partial charge is 0.213 e. The van der Waals surface area contributed by atoms with Crippen LogP contribution in [0.4, 0.5) is 0 Å². The van der Waals surface area contributed by atoms with E-state index in [2.05, 4.69) is 15.5 Å². The Hall–Kier alpha value is -1.95. The molecule has 0 saturated heterocycles. The largest absolute Gasteiger partial charge is 0.289 e. The molecule has 0 amide bonds. The molecule has 0 unspecified atom stereocenters. The highest BCUT2D eigenvalue weighted by Gasteiger charge is 2.02. The molecule has 17 heavy (non-hydrogen) atoms. The predicted molar refractivity (Wildman–Crippen MR) is 64.6 cm³/mol. The summed E-state index contributed by atoms with van der Waals surface area (Å²) in [6, 6.07) is 9.10. The summed E-state index contributed by atoms with van der Waals surface area (Å²) in [6.07, 6.45) is 1.51. The standard InChI is InChI=1S/C11H10N4OS/c1-15-11(12-13-14-15)17-8-7-10(16)9-5-3-2-4-6-9/h2-8H,1H3/b8-7-. The number of aromatic nitrogens is 4. The summed E-state index contributed by atoms with van der Waals surface area (Å²) >= 11 is 1.30. The lowest BCUT2D eigenvalue weighted by Gasteiger charge is -1.94. The van der Waals surface area contributed by atoms with Crippen LogP contribution in [0, 0.1) is 0 Å². The first-order valence-electron chi connectivity index (χ1n) is 4.92. The number of thioether (sulfide) groups is 1. The predicted octanol–water partition coefficient (Wildman–Crippen LogP) is 1.70. The van der Waals surface area contributed by atoms with Crippen molar-refractivity contribution < 1.29 is 4.79 Å².